The van der Waals surface area contributed by atoms with Crippen molar-refractivity contribution in [2.24, 2.45) is 12.0 Å². The number of rotatable bonds is 8. The molecule has 0 amide bonds. The lowest BCUT2D eigenvalue weighted by Crippen LogP contribution is -2.38. The van der Waals surface area contributed by atoms with Gasteiger partial charge in [0.1, 0.15) is 5.82 Å². The summed E-state index contributed by atoms with van der Waals surface area (Å²) in [6.45, 7) is 8.29. The van der Waals surface area contributed by atoms with Gasteiger partial charge in [-0.2, -0.15) is 5.10 Å². The van der Waals surface area contributed by atoms with Crippen LogP contribution in [0.3, 0.4) is 0 Å². The van der Waals surface area contributed by atoms with Crippen LogP contribution in [0.2, 0.25) is 0 Å². The van der Waals surface area contributed by atoms with Crippen molar-refractivity contribution in [3.63, 3.8) is 0 Å². The summed E-state index contributed by atoms with van der Waals surface area (Å²) in [5.41, 5.74) is 4.26. The highest BCUT2D eigenvalue weighted by Crippen LogP contribution is 2.16. The van der Waals surface area contributed by atoms with Gasteiger partial charge in [-0.05, 0) is 37.8 Å². The van der Waals surface area contributed by atoms with Crippen molar-refractivity contribution in [2.75, 3.05) is 13.1 Å². The Kier molecular flexibility index (Phi) is 7.63. The summed E-state index contributed by atoms with van der Waals surface area (Å²) < 4.78 is 15.7. The number of halogens is 1. The lowest BCUT2D eigenvalue weighted by molar-refractivity contribution is 0.606. The molecule has 2 rings (SSSR count). The molecule has 0 atom stereocenters. The van der Waals surface area contributed by atoms with E-state index in [4.69, 9.17) is 4.99 Å². The Bertz CT molecular complexity index is 736. The van der Waals surface area contributed by atoms with Crippen molar-refractivity contribution in [2.45, 2.75) is 46.6 Å². The fraction of sp³-hybridized carbons (Fsp3) is 0.500. The van der Waals surface area contributed by atoms with E-state index in [2.05, 4.69) is 29.6 Å². The highest BCUT2D eigenvalue weighted by molar-refractivity contribution is 5.79. The van der Waals surface area contributed by atoms with E-state index in [1.807, 2.05) is 30.8 Å². The predicted molar refractivity (Wildman–Crippen MR) is 105 cm³/mol. The SMILES string of the molecule is CCNC(=NCc1c(CC)nn(C)c1CC)NCCc1ccccc1F. The van der Waals surface area contributed by atoms with Crippen molar-refractivity contribution in [3.05, 3.63) is 52.6 Å². The van der Waals surface area contributed by atoms with Crippen LogP contribution in [-0.2, 0) is 32.9 Å². The van der Waals surface area contributed by atoms with Crippen molar-refractivity contribution in [1.29, 1.82) is 0 Å². The zero-order valence-electron chi connectivity index (χ0n) is 16.3. The third kappa shape index (κ3) is 5.07. The topological polar surface area (TPSA) is 54.2 Å². The lowest BCUT2D eigenvalue weighted by Gasteiger charge is -2.12. The minimum Gasteiger partial charge on any atom is -0.357 e. The first-order chi connectivity index (χ1) is 12.6. The smallest absolute Gasteiger partial charge is 0.191 e. The van der Waals surface area contributed by atoms with Gasteiger partial charge in [-0.15, -0.1) is 0 Å². The van der Waals surface area contributed by atoms with Crippen LogP contribution in [-0.4, -0.2) is 28.8 Å². The van der Waals surface area contributed by atoms with E-state index in [1.54, 1.807) is 6.07 Å². The average molecular weight is 359 g/mol. The third-order valence-corrected chi connectivity index (χ3v) is 4.41. The first-order valence-electron chi connectivity index (χ1n) is 9.39. The fourth-order valence-corrected chi connectivity index (χ4v) is 3.09. The maximum absolute atomic E-state index is 13.7. The van der Waals surface area contributed by atoms with Crippen molar-refractivity contribution in [3.8, 4) is 0 Å². The molecule has 5 nitrogen and oxygen atoms in total. The first kappa shape index (κ1) is 19.9. The Labute approximate surface area is 155 Å². The Balaban J connectivity index is 2.04. The van der Waals surface area contributed by atoms with Crippen LogP contribution < -0.4 is 10.6 Å². The minimum atomic E-state index is -0.160. The second kappa shape index (κ2) is 9.94. The van der Waals surface area contributed by atoms with Crippen LogP contribution >= 0.6 is 0 Å². The number of aromatic nitrogens is 2. The van der Waals surface area contributed by atoms with Crippen LogP contribution in [0, 0.1) is 5.82 Å². The quantitative estimate of drug-likeness (QED) is 0.563. The summed E-state index contributed by atoms with van der Waals surface area (Å²) in [6.07, 6.45) is 2.45. The summed E-state index contributed by atoms with van der Waals surface area (Å²) in [6, 6.07) is 6.88. The number of guanidine groups is 1. The number of nitrogens with one attached hydrogen (secondary N) is 2. The van der Waals surface area contributed by atoms with E-state index < -0.39 is 0 Å². The lowest BCUT2D eigenvalue weighted by atomic mass is 10.1. The zero-order chi connectivity index (χ0) is 18.9. The molecule has 0 saturated heterocycles. The molecule has 26 heavy (non-hydrogen) atoms. The molecule has 2 aromatic rings. The van der Waals surface area contributed by atoms with Crippen LogP contribution in [0.15, 0.2) is 29.3 Å². The molecule has 6 heteroatoms. The molecule has 0 bridgehead atoms. The van der Waals surface area contributed by atoms with Gasteiger partial charge in [0, 0.05) is 31.4 Å². The Morgan fingerprint density at radius 3 is 2.58 bits per heavy atom. The van der Waals surface area contributed by atoms with Gasteiger partial charge in [-0.3, -0.25) is 4.68 Å². The van der Waals surface area contributed by atoms with Gasteiger partial charge in [0.15, 0.2) is 5.96 Å². The van der Waals surface area contributed by atoms with Crippen LogP contribution in [0.5, 0.6) is 0 Å². The van der Waals surface area contributed by atoms with Crippen LogP contribution in [0.25, 0.3) is 0 Å². The number of hydrogen-bond donors (Lipinski definition) is 2. The minimum absolute atomic E-state index is 0.160. The van der Waals surface area contributed by atoms with Gasteiger partial charge in [-0.25, -0.2) is 9.38 Å². The molecule has 2 N–H and O–H groups in total. The molecular formula is C20H30FN5. The highest BCUT2D eigenvalue weighted by atomic mass is 19.1. The molecule has 1 aromatic carbocycles. The van der Waals surface area contributed by atoms with Crippen molar-refractivity contribution < 1.29 is 4.39 Å². The number of aliphatic imine (C=N–C) groups is 1. The summed E-state index contributed by atoms with van der Waals surface area (Å²) in [4.78, 5) is 4.72. The molecule has 0 fully saturated rings. The summed E-state index contributed by atoms with van der Waals surface area (Å²) in [5.74, 6) is 0.587. The van der Waals surface area contributed by atoms with Gasteiger partial charge in [0.25, 0.3) is 0 Å². The van der Waals surface area contributed by atoms with Gasteiger partial charge in [0.05, 0.1) is 12.2 Å². The summed E-state index contributed by atoms with van der Waals surface area (Å²) in [7, 11) is 1.99. The van der Waals surface area contributed by atoms with Crippen molar-refractivity contribution in [1.82, 2.24) is 20.4 Å². The third-order valence-electron chi connectivity index (χ3n) is 4.41. The molecule has 0 saturated carbocycles. The molecule has 0 radical (unpaired) electrons. The fourth-order valence-electron chi connectivity index (χ4n) is 3.09. The normalized spacial score (nSPS) is 11.7. The number of hydrogen-bond acceptors (Lipinski definition) is 2. The zero-order valence-corrected chi connectivity index (χ0v) is 16.3. The molecule has 0 spiro atoms. The van der Waals surface area contributed by atoms with Gasteiger partial charge in [-0.1, -0.05) is 32.0 Å². The Morgan fingerprint density at radius 2 is 1.92 bits per heavy atom. The van der Waals surface area contributed by atoms with E-state index in [1.165, 1.54) is 17.3 Å². The largest absolute Gasteiger partial charge is 0.357 e. The standard InChI is InChI=1S/C20H30FN5/c1-5-18-16(19(6-2)26(4)25-18)14-24-20(22-7-3)23-13-12-15-10-8-9-11-17(15)21/h8-11H,5-7,12-14H2,1-4H3,(H2,22,23,24). The number of benzene rings is 1. The van der Waals surface area contributed by atoms with E-state index in [-0.39, 0.29) is 5.82 Å². The number of nitrogens with zero attached hydrogens (tertiary/aromatic N) is 3. The predicted octanol–water partition coefficient (Wildman–Crippen LogP) is 2.98. The second-order valence-corrected chi connectivity index (χ2v) is 6.17. The molecule has 142 valence electrons. The first-order valence-corrected chi connectivity index (χ1v) is 9.39. The van der Waals surface area contributed by atoms with Gasteiger partial charge >= 0.3 is 0 Å². The maximum atomic E-state index is 13.7. The summed E-state index contributed by atoms with van der Waals surface area (Å²) >= 11 is 0. The number of aryl methyl sites for hydroxylation is 2. The maximum Gasteiger partial charge on any atom is 0.191 e. The van der Waals surface area contributed by atoms with E-state index in [9.17, 15) is 4.39 Å². The molecule has 0 aliphatic carbocycles. The van der Waals surface area contributed by atoms with Crippen molar-refractivity contribution >= 4 is 5.96 Å². The second-order valence-electron chi connectivity index (χ2n) is 6.17. The van der Waals surface area contributed by atoms with E-state index in [0.29, 0.717) is 25.1 Å². The van der Waals surface area contributed by atoms with Crippen LogP contribution in [0.1, 0.15) is 43.3 Å². The Hall–Kier alpha value is -2.37. The van der Waals surface area contributed by atoms with Gasteiger partial charge in [0.2, 0.25) is 0 Å². The molecule has 1 aromatic heterocycles. The van der Waals surface area contributed by atoms with E-state index in [0.717, 1.165) is 31.0 Å². The monoisotopic (exact) mass is 359 g/mol. The van der Waals surface area contributed by atoms with Crippen LogP contribution in [0.4, 0.5) is 4.39 Å². The van der Waals surface area contributed by atoms with Gasteiger partial charge < -0.3 is 10.6 Å². The molecule has 0 unspecified atom stereocenters. The van der Waals surface area contributed by atoms with E-state index >= 15 is 0 Å². The molecular weight excluding hydrogens is 329 g/mol. The highest BCUT2D eigenvalue weighted by Gasteiger charge is 2.13. The molecule has 1 heterocycles. The molecule has 0 aliphatic rings. The average Bonchev–Trinajstić information content (AvgIpc) is 2.95. The Morgan fingerprint density at radius 1 is 1.15 bits per heavy atom. The summed E-state index contributed by atoms with van der Waals surface area (Å²) in [5, 5.41) is 11.1. The molecule has 0 aliphatic heterocycles.